The van der Waals surface area contributed by atoms with Crippen LogP contribution in [0.1, 0.15) is 57.5 Å². The van der Waals surface area contributed by atoms with Crippen molar-refractivity contribution in [1.82, 2.24) is 9.55 Å². The molecule has 0 bridgehead atoms. The van der Waals surface area contributed by atoms with Crippen LogP contribution in [-0.4, -0.2) is 9.55 Å². The predicted molar refractivity (Wildman–Crippen MR) is 73.5 cm³/mol. The average Bonchev–Trinajstić information content (AvgIpc) is 2.64. The normalized spacial score (nSPS) is 13.5. The topological polar surface area (TPSA) is 17.8 Å². The first-order chi connectivity index (χ1) is 8.45. The second kappa shape index (κ2) is 4.71. The van der Waals surface area contributed by atoms with Gasteiger partial charge in [-0.2, -0.15) is 0 Å². The van der Waals surface area contributed by atoms with Gasteiger partial charge in [0.25, 0.3) is 0 Å². The summed E-state index contributed by atoms with van der Waals surface area (Å²) in [5.41, 5.74) is 2.47. The molecule has 0 radical (unpaired) electrons. The zero-order valence-electron chi connectivity index (χ0n) is 11.8. The molecular formula is C15H21FN2. The lowest BCUT2D eigenvalue weighted by Crippen LogP contribution is -2.03. The van der Waals surface area contributed by atoms with E-state index in [0.717, 1.165) is 23.3 Å². The minimum Gasteiger partial charge on any atom is -0.326 e. The van der Waals surface area contributed by atoms with Crippen LogP contribution in [0.5, 0.6) is 0 Å². The number of rotatable bonds is 3. The van der Waals surface area contributed by atoms with E-state index in [9.17, 15) is 4.39 Å². The van der Waals surface area contributed by atoms with E-state index in [4.69, 9.17) is 0 Å². The van der Waals surface area contributed by atoms with E-state index < -0.39 is 0 Å². The molecule has 0 aliphatic rings. The van der Waals surface area contributed by atoms with E-state index in [1.807, 2.05) is 6.92 Å². The molecule has 18 heavy (non-hydrogen) atoms. The van der Waals surface area contributed by atoms with Crippen LogP contribution in [0, 0.1) is 12.7 Å². The van der Waals surface area contributed by atoms with Crippen LogP contribution >= 0.6 is 0 Å². The third-order valence-electron chi connectivity index (χ3n) is 3.65. The van der Waals surface area contributed by atoms with Crippen molar-refractivity contribution in [2.45, 2.75) is 53.0 Å². The Bertz CT molecular complexity index is 569. The first kappa shape index (κ1) is 13.1. The molecule has 1 heterocycles. The molecule has 1 atom stereocenters. The molecule has 3 heteroatoms. The van der Waals surface area contributed by atoms with E-state index in [1.54, 1.807) is 6.07 Å². The number of imidazole rings is 1. The smallest absolute Gasteiger partial charge is 0.151 e. The maximum atomic E-state index is 14.1. The van der Waals surface area contributed by atoms with Crippen molar-refractivity contribution >= 4 is 11.0 Å². The maximum absolute atomic E-state index is 14.1. The summed E-state index contributed by atoms with van der Waals surface area (Å²) in [6.07, 6.45) is 1.01. The predicted octanol–water partition coefficient (Wildman–Crippen LogP) is 4.58. The number of fused-ring (bicyclic) bond motifs is 1. The number of hydrogen-bond acceptors (Lipinski definition) is 1. The van der Waals surface area contributed by atoms with Crippen LogP contribution in [0.2, 0.25) is 0 Å². The molecule has 0 saturated heterocycles. The van der Waals surface area contributed by atoms with Crippen molar-refractivity contribution in [2.75, 3.05) is 0 Å². The van der Waals surface area contributed by atoms with Crippen LogP contribution in [0.15, 0.2) is 12.1 Å². The average molecular weight is 248 g/mol. The number of nitrogens with zero attached hydrogens (tertiary/aromatic N) is 2. The zero-order valence-corrected chi connectivity index (χ0v) is 11.8. The van der Waals surface area contributed by atoms with Gasteiger partial charge >= 0.3 is 0 Å². The molecule has 98 valence electrons. The van der Waals surface area contributed by atoms with E-state index in [2.05, 4.69) is 43.3 Å². The van der Waals surface area contributed by atoms with Crippen molar-refractivity contribution in [1.29, 1.82) is 0 Å². The molecule has 1 aromatic heterocycles. The fourth-order valence-electron chi connectivity index (χ4n) is 2.46. The summed E-state index contributed by atoms with van der Waals surface area (Å²) in [5, 5.41) is 0. The maximum Gasteiger partial charge on any atom is 0.151 e. The molecule has 0 N–H and O–H groups in total. The summed E-state index contributed by atoms with van der Waals surface area (Å²) in [4.78, 5) is 4.35. The minimum atomic E-state index is -0.203. The van der Waals surface area contributed by atoms with Gasteiger partial charge in [-0.15, -0.1) is 0 Å². The van der Waals surface area contributed by atoms with Crippen LogP contribution in [0.4, 0.5) is 4.39 Å². The van der Waals surface area contributed by atoms with Gasteiger partial charge in [0, 0.05) is 6.04 Å². The van der Waals surface area contributed by atoms with Crippen molar-refractivity contribution in [3.8, 4) is 0 Å². The number of halogens is 1. The largest absolute Gasteiger partial charge is 0.326 e. The molecule has 0 amide bonds. The summed E-state index contributed by atoms with van der Waals surface area (Å²) in [7, 11) is 0. The highest BCUT2D eigenvalue weighted by Crippen LogP contribution is 2.28. The fourth-order valence-corrected chi connectivity index (χ4v) is 2.46. The van der Waals surface area contributed by atoms with E-state index in [0.29, 0.717) is 17.5 Å². The molecule has 2 rings (SSSR count). The SMILES string of the molecule is CCC(C)c1cc(F)c2nc(C)n(C(C)C)c2c1. The van der Waals surface area contributed by atoms with Gasteiger partial charge in [0.15, 0.2) is 5.82 Å². The zero-order chi connectivity index (χ0) is 13.4. The lowest BCUT2D eigenvalue weighted by Gasteiger charge is -2.13. The standard InChI is InChI=1S/C15H21FN2/c1-6-10(4)12-7-13(16)15-14(8-12)18(9(2)3)11(5)17-15/h7-10H,6H2,1-5H3. The molecule has 1 aromatic carbocycles. The second-order valence-electron chi connectivity index (χ2n) is 5.30. The highest BCUT2D eigenvalue weighted by molar-refractivity contribution is 5.78. The Kier molecular flexibility index (Phi) is 3.42. The van der Waals surface area contributed by atoms with E-state index in [-0.39, 0.29) is 5.82 Å². The third kappa shape index (κ3) is 2.02. The van der Waals surface area contributed by atoms with Gasteiger partial charge in [0.2, 0.25) is 0 Å². The molecule has 0 saturated carbocycles. The first-order valence-corrected chi connectivity index (χ1v) is 6.63. The number of aromatic nitrogens is 2. The molecule has 0 spiro atoms. The molecule has 1 unspecified atom stereocenters. The lowest BCUT2D eigenvalue weighted by molar-refractivity contribution is 0.599. The van der Waals surface area contributed by atoms with Crippen LogP contribution in [-0.2, 0) is 0 Å². The molecule has 0 fully saturated rings. The van der Waals surface area contributed by atoms with Gasteiger partial charge in [-0.3, -0.25) is 0 Å². The van der Waals surface area contributed by atoms with E-state index >= 15 is 0 Å². The molecule has 2 nitrogen and oxygen atoms in total. The Morgan fingerprint density at radius 3 is 2.50 bits per heavy atom. The minimum absolute atomic E-state index is 0.203. The molecule has 0 aliphatic heterocycles. The van der Waals surface area contributed by atoms with Crippen molar-refractivity contribution in [2.24, 2.45) is 0 Å². The summed E-state index contributed by atoms with van der Waals surface area (Å²) in [5.74, 6) is 1.05. The second-order valence-corrected chi connectivity index (χ2v) is 5.30. The Hall–Kier alpha value is -1.38. The van der Waals surface area contributed by atoms with E-state index in [1.165, 1.54) is 0 Å². The Labute approximate surface area is 108 Å². The van der Waals surface area contributed by atoms with Crippen molar-refractivity contribution < 1.29 is 4.39 Å². The van der Waals surface area contributed by atoms with Crippen molar-refractivity contribution in [3.05, 3.63) is 29.3 Å². The Morgan fingerprint density at radius 1 is 1.28 bits per heavy atom. The number of aryl methyl sites for hydroxylation is 1. The Morgan fingerprint density at radius 2 is 1.94 bits per heavy atom. The lowest BCUT2D eigenvalue weighted by atomic mass is 9.98. The summed E-state index contributed by atoms with van der Waals surface area (Å²) in [6.45, 7) is 10.4. The summed E-state index contributed by atoms with van der Waals surface area (Å²) < 4.78 is 16.2. The van der Waals surface area contributed by atoms with Gasteiger partial charge in [-0.1, -0.05) is 13.8 Å². The van der Waals surface area contributed by atoms with Gasteiger partial charge in [-0.25, -0.2) is 9.37 Å². The van der Waals surface area contributed by atoms with Gasteiger partial charge in [-0.05, 0) is 50.8 Å². The molecule has 2 aromatic rings. The summed E-state index contributed by atoms with van der Waals surface area (Å²) >= 11 is 0. The third-order valence-corrected chi connectivity index (χ3v) is 3.65. The van der Waals surface area contributed by atoms with Gasteiger partial charge in [0.05, 0.1) is 5.52 Å². The van der Waals surface area contributed by atoms with Gasteiger partial charge < -0.3 is 4.57 Å². The highest BCUT2D eigenvalue weighted by Gasteiger charge is 2.16. The van der Waals surface area contributed by atoms with Crippen LogP contribution < -0.4 is 0 Å². The monoisotopic (exact) mass is 248 g/mol. The Balaban J connectivity index is 2.72. The highest BCUT2D eigenvalue weighted by atomic mass is 19.1. The fraction of sp³-hybridized carbons (Fsp3) is 0.533. The molecule has 0 aliphatic carbocycles. The number of hydrogen-bond donors (Lipinski definition) is 0. The quantitative estimate of drug-likeness (QED) is 0.777. The summed E-state index contributed by atoms with van der Waals surface area (Å²) in [6, 6.07) is 4.02. The molecular weight excluding hydrogens is 227 g/mol. The van der Waals surface area contributed by atoms with Gasteiger partial charge in [0.1, 0.15) is 11.3 Å². The number of benzene rings is 1. The first-order valence-electron chi connectivity index (χ1n) is 6.63. The van der Waals surface area contributed by atoms with Crippen molar-refractivity contribution in [3.63, 3.8) is 0 Å². The van der Waals surface area contributed by atoms with Crippen LogP contribution in [0.25, 0.3) is 11.0 Å². The van der Waals surface area contributed by atoms with Crippen LogP contribution in [0.3, 0.4) is 0 Å².